The normalized spacial score (nSPS) is 23.1. The van der Waals surface area contributed by atoms with Crippen molar-refractivity contribution in [1.82, 2.24) is 0 Å². The van der Waals surface area contributed by atoms with Crippen molar-refractivity contribution in [2.24, 2.45) is 0 Å². The van der Waals surface area contributed by atoms with Gasteiger partial charge >= 0.3 is 0 Å². The first-order valence-corrected chi connectivity index (χ1v) is 12.1. The molecule has 0 amide bonds. The molecule has 1 aliphatic heterocycles. The Kier molecular flexibility index (Phi) is 9.59. The molecule has 0 saturated carbocycles. The quantitative estimate of drug-likeness (QED) is 0.365. The van der Waals surface area contributed by atoms with Gasteiger partial charge in [0.2, 0.25) is 0 Å². The van der Waals surface area contributed by atoms with Crippen molar-refractivity contribution in [1.29, 1.82) is 0 Å². The van der Waals surface area contributed by atoms with Gasteiger partial charge in [-0.1, -0.05) is 23.3 Å². The second kappa shape index (κ2) is 11.5. The van der Waals surface area contributed by atoms with Gasteiger partial charge in [0.05, 0.1) is 30.5 Å². The van der Waals surface area contributed by atoms with E-state index in [0.29, 0.717) is 6.42 Å². The average Bonchev–Trinajstić information content (AvgIpc) is 3.14. The maximum atomic E-state index is 10.7. The van der Waals surface area contributed by atoms with Crippen molar-refractivity contribution in [3.63, 3.8) is 0 Å². The summed E-state index contributed by atoms with van der Waals surface area (Å²) in [5.74, 6) is 1.10. The van der Waals surface area contributed by atoms with Crippen molar-refractivity contribution in [3.8, 4) is 11.5 Å². The zero-order valence-corrected chi connectivity index (χ0v) is 21.6. The molecule has 0 spiro atoms. The van der Waals surface area contributed by atoms with Gasteiger partial charge in [0, 0.05) is 5.56 Å². The van der Waals surface area contributed by atoms with E-state index in [1.165, 1.54) is 11.1 Å². The lowest BCUT2D eigenvalue weighted by molar-refractivity contribution is -0.153. The third-order valence-corrected chi connectivity index (χ3v) is 6.86. The summed E-state index contributed by atoms with van der Waals surface area (Å²) in [5, 5.41) is 30.8. The number of hydrogen-bond acceptors (Lipinski definition) is 5. The van der Waals surface area contributed by atoms with Crippen LogP contribution in [0.15, 0.2) is 35.4 Å². The SMILES string of the molecule is COc1c(C)cc(O)cc1CC=C(C)CCC=C(C)CCC(O)C1(C)CCC(C(C)(C)O)O1. The van der Waals surface area contributed by atoms with E-state index < -0.39 is 17.3 Å². The Morgan fingerprint density at radius 2 is 1.91 bits per heavy atom. The van der Waals surface area contributed by atoms with E-state index in [-0.39, 0.29) is 11.9 Å². The fraction of sp³-hybridized carbons (Fsp3) is 0.643. The molecule has 0 aromatic heterocycles. The lowest BCUT2D eigenvalue weighted by Crippen LogP contribution is -2.43. The number of ether oxygens (including phenoxy) is 2. The first-order chi connectivity index (χ1) is 15.4. The number of methoxy groups -OCH3 is 1. The van der Waals surface area contributed by atoms with Crippen molar-refractivity contribution in [2.45, 2.75) is 110 Å². The molecule has 186 valence electrons. The van der Waals surface area contributed by atoms with Crippen LogP contribution >= 0.6 is 0 Å². The zero-order chi connectivity index (χ0) is 24.8. The van der Waals surface area contributed by atoms with Crippen LogP contribution in [-0.4, -0.2) is 45.8 Å². The van der Waals surface area contributed by atoms with Gasteiger partial charge in [-0.3, -0.25) is 0 Å². The van der Waals surface area contributed by atoms with E-state index in [1.807, 2.05) is 13.8 Å². The predicted octanol–water partition coefficient (Wildman–Crippen LogP) is 5.77. The highest BCUT2D eigenvalue weighted by Crippen LogP contribution is 2.38. The van der Waals surface area contributed by atoms with Crippen LogP contribution in [0.5, 0.6) is 11.5 Å². The smallest absolute Gasteiger partial charge is 0.125 e. The zero-order valence-electron chi connectivity index (χ0n) is 21.6. The number of aliphatic hydroxyl groups excluding tert-OH is 1. The van der Waals surface area contributed by atoms with E-state index in [0.717, 1.165) is 55.4 Å². The Labute approximate surface area is 200 Å². The van der Waals surface area contributed by atoms with Crippen LogP contribution in [-0.2, 0) is 11.2 Å². The standard InChI is InChI=1S/C28H44O5/c1-19(11-13-22-18-23(29)17-21(3)26(22)32-7)9-8-10-20(2)12-14-24(30)28(6)16-15-25(33-28)27(4,5)31/h10-11,17-18,24-25,29-31H,8-9,12-16H2,1-7H3. The molecule has 0 aliphatic carbocycles. The highest BCUT2D eigenvalue weighted by molar-refractivity contribution is 5.47. The lowest BCUT2D eigenvalue weighted by atomic mass is 9.90. The number of aryl methyl sites for hydroxylation is 1. The number of aliphatic hydroxyl groups is 2. The van der Waals surface area contributed by atoms with Crippen LogP contribution in [0.4, 0.5) is 0 Å². The number of allylic oxidation sites excluding steroid dienone is 4. The summed E-state index contributed by atoms with van der Waals surface area (Å²) in [5.41, 5.74) is 3.02. The third kappa shape index (κ3) is 7.87. The minimum Gasteiger partial charge on any atom is -0.508 e. The first-order valence-electron chi connectivity index (χ1n) is 12.1. The maximum absolute atomic E-state index is 10.7. The molecule has 1 aliphatic rings. The molecule has 5 nitrogen and oxygen atoms in total. The van der Waals surface area contributed by atoms with Gasteiger partial charge in [-0.05, 0) is 104 Å². The van der Waals surface area contributed by atoms with Gasteiger partial charge in [-0.15, -0.1) is 0 Å². The van der Waals surface area contributed by atoms with Crippen molar-refractivity contribution in [3.05, 3.63) is 46.6 Å². The first kappa shape index (κ1) is 27.4. The molecular weight excluding hydrogens is 416 g/mol. The maximum Gasteiger partial charge on any atom is 0.125 e. The van der Waals surface area contributed by atoms with Gasteiger partial charge in [0.15, 0.2) is 0 Å². The molecular formula is C28H44O5. The van der Waals surface area contributed by atoms with Crippen LogP contribution in [0, 0.1) is 6.92 Å². The predicted molar refractivity (Wildman–Crippen MR) is 134 cm³/mol. The van der Waals surface area contributed by atoms with Crippen LogP contribution in [0.25, 0.3) is 0 Å². The molecule has 3 unspecified atom stereocenters. The molecule has 3 atom stereocenters. The number of hydrogen-bond donors (Lipinski definition) is 3. The molecule has 2 rings (SSSR count). The van der Waals surface area contributed by atoms with Gasteiger partial charge < -0.3 is 24.8 Å². The van der Waals surface area contributed by atoms with Gasteiger partial charge in [-0.2, -0.15) is 0 Å². The molecule has 1 aromatic rings. The van der Waals surface area contributed by atoms with Crippen molar-refractivity contribution in [2.75, 3.05) is 7.11 Å². The molecule has 1 saturated heterocycles. The van der Waals surface area contributed by atoms with Gasteiger partial charge in [0.1, 0.15) is 11.5 Å². The monoisotopic (exact) mass is 460 g/mol. The van der Waals surface area contributed by atoms with Crippen LogP contribution in [0.3, 0.4) is 0 Å². The molecule has 1 aromatic carbocycles. The summed E-state index contributed by atoms with van der Waals surface area (Å²) in [6.07, 6.45) is 9.33. The molecule has 3 N–H and O–H groups in total. The Bertz CT molecular complexity index is 849. The Morgan fingerprint density at radius 1 is 1.24 bits per heavy atom. The fourth-order valence-corrected chi connectivity index (χ4v) is 4.58. The third-order valence-electron chi connectivity index (χ3n) is 6.86. The van der Waals surface area contributed by atoms with E-state index in [1.54, 1.807) is 33.1 Å². The van der Waals surface area contributed by atoms with Crippen molar-refractivity contribution < 1.29 is 24.8 Å². The Balaban J connectivity index is 1.81. The number of aromatic hydroxyl groups is 1. The Hall–Kier alpha value is -1.82. The summed E-state index contributed by atoms with van der Waals surface area (Å²) in [6.45, 7) is 11.7. The molecule has 0 radical (unpaired) electrons. The minimum atomic E-state index is -0.885. The van der Waals surface area contributed by atoms with E-state index in [2.05, 4.69) is 26.0 Å². The second-order valence-electron chi connectivity index (χ2n) is 10.5. The highest BCUT2D eigenvalue weighted by Gasteiger charge is 2.46. The Morgan fingerprint density at radius 3 is 2.52 bits per heavy atom. The number of benzene rings is 1. The summed E-state index contributed by atoms with van der Waals surface area (Å²) in [6, 6.07) is 3.48. The minimum absolute atomic E-state index is 0.229. The summed E-state index contributed by atoms with van der Waals surface area (Å²) in [7, 11) is 1.66. The average molecular weight is 461 g/mol. The van der Waals surface area contributed by atoms with Crippen LogP contribution in [0.2, 0.25) is 0 Å². The number of rotatable bonds is 11. The molecule has 1 fully saturated rings. The van der Waals surface area contributed by atoms with Gasteiger partial charge in [0.25, 0.3) is 0 Å². The topological polar surface area (TPSA) is 79.2 Å². The van der Waals surface area contributed by atoms with E-state index in [4.69, 9.17) is 9.47 Å². The summed E-state index contributed by atoms with van der Waals surface area (Å²) < 4.78 is 11.6. The number of phenolic OH excluding ortho intramolecular Hbond substituents is 1. The molecule has 33 heavy (non-hydrogen) atoms. The second-order valence-corrected chi connectivity index (χ2v) is 10.5. The highest BCUT2D eigenvalue weighted by atomic mass is 16.5. The van der Waals surface area contributed by atoms with Gasteiger partial charge in [-0.25, -0.2) is 0 Å². The molecule has 0 bridgehead atoms. The molecule has 5 heteroatoms. The lowest BCUT2D eigenvalue weighted by Gasteiger charge is -2.33. The summed E-state index contributed by atoms with van der Waals surface area (Å²) >= 11 is 0. The largest absolute Gasteiger partial charge is 0.508 e. The molecule has 1 heterocycles. The number of phenols is 1. The fourth-order valence-electron chi connectivity index (χ4n) is 4.58. The van der Waals surface area contributed by atoms with Crippen molar-refractivity contribution >= 4 is 0 Å². The van der Waals surface area contributed by atoms with Crippen LogP contribution < -0.4 is 4.74 Å². The summed E-state index contributed by atoms with van der Waals surface area (Å²) in [4.78, 5) is 0. The van der Waals surface area contributed by atoms with E-state index >= 15 is 0 Å². The van der Waals surface area contributed by atoms with E-state index in [9.17, 15) is 15.3 Å². The van der Waals surface area contributed by atoms with Crippen LogP contribution in [0.1, 0.15) is 84.3 Å².